The lowest BCUT2D eigenvalue weighted by Crippen LogP contribution is -2.27. The maximum Gasteiger partial charge on any atom is 0.359 e. The van der Waals surface area contributed by atoms with Gasteiger partial charge in [0.25, 0.3) is 5.56 Å². The first-order valence-corrected chi connectivity index (χ1v) is 6.68. The maximum absolute atomic E-state index is 11.9. The second kappa shape index (κ2) is 6.41. The SMILES string of the molecule is CCn1nc(C(=O)OCc2cccc(Cl)c2)cc(N)c1=O. The predicted molar refractivity (Wildman–Crippen MR) is 79.2 cm³/mol. The number of esters is 1. The van der Waals surface area contributed by atoms with Crippen molar-refractivity contribution in [1.29, 1.82) is 0 Å². The van der Waals surface area contributed by atoms with Crippen molar-refractivity contribution in [3.63, 3.8) is 0 Å². The summed E-state index contributed by atoms with van der Waals surface area (Å²) in [6.07, 6.45) is 0. The Kier molecular flexibility index (Phi) is 4.59. The van der Waals surface area contributed by atoms with Crippen molar-refractivity contribution in [2.24, 2.45) is 0 Å². The van der Waals surface area contributed by atoms with Gasteiger partial charge in [-0.05, 0) is 24.6 Å². The summed E-state index contributed by atoms with van der Waals surface area (Å²) in [6.45, 7) is 2.11. The maximum atomic E-state index is 11.9. The third-order valence-corrected chi connectivity index (χ3v) is 3.00. The summed E-state index contributed by atoms with van der Waals surface area (Å²) in [5.41, 5.74) is 5.85. The molecule has 0 bridgehead atoms. The highest BCUT2D eigenvalue weighted by atomic mass is 35.5. The van der Waals surface area contributed by atoms with Gasteiger partial charge in [-0.25, -0.2) is 9.48 Å². The quantitative estimate of drug-likeness (QED) is 0.871. The number of rotatable bonds is 4. The molecule has 2 aromatic rings. The highest BCUT2D eigenvalue weighted by Gasteiger charge is 2.13. The molecular formula is C14H14ClN3O3. The first kappa shape index (κ1) is 15.1. The molecule has 0 amide bonds. The van der Waals surface area contributed by atoms with Crippen LogP contribution in [0.3, 0.4) is 0 Å². The van der Waals surface area contributed by atoms with E-state index in [0.717, 1.165) is 10.2 Å². The molecule has 1 aromatic heterocycles. The van der Waals surface area contributed by atoms with Gasteiger partial charge in [0, 0.05) is 17.6 Å². The number of aryl methyl sites for hydroxylation is 1. The molecule has 0 saturated heterocycles. The van der Waals surface area contributed by atoms with Gasteiger partial charge in [0.15, 0.2) is 5.69 Å². The number of benzene rings is 1. The number of hydrogen-bond donors (Lipinski definition) is 1. The Morgan fingerprint density at radius 2 is 2.19 bits per heavy atom. The minimum atomic E-state index is -0.649. The van der Waals surface area contributed by atoms with Gasteiger partial charge in [0.2, 0.25) is 0 Å². The normalized spacial score (nSPS) is 10.4. The molecule has 0 radical (unpaired) electrons. The van der Waals surface area contributed by atoms with Crippen LogP contribution in [-0.4, -0.2) is 15.7 Å². The van der Waals surface area contributed by atoms with Gasteiger partial charge in [0.05, 0.1) is 0 Å². The molecule has 0 unspecified atom stereocenters. The highest BCUT2D eigenvalue weighted by molar-refractivity contribution is 6.30. The van der Waals surface area contributed by atoms with Gasteiger partial charge in [-0.3, -0.25) is 4.79 Å². The number of anilines is 1. The largest absolute Gasteiger partial charge is 0.456 e. The van der Waals surface area contributed by atoms with Crippen LogP contribution < -0.4 is 11.3 Å². The third-order valence-electron chi connectivity index (χ3n) is 2.77. The molecule has 21 heavy (non-hydrogen) atoms. The van der Waals surface area contributed by atoms with Gasteiger partial charge in [-0.15, -0.1) is 0 Å². The van der Waals surface area contributed by atoms with Crippen LogP contribution in [-0.2, 0) is 17.9 Å². The van der Waals surface area contributed by atoms with Crippen molar-refractivity contribution < 1.29 is 9.53 Å². The van der Waals surface area contributed by atoms with Crippen molar-refractivity contribution in [2.45, 2.75) is 20.1 Å². The van der Waals surface area contributed by atoms with Crippen molar-refractivity contribution in [3.05, 3.63) is 57.0 Å². The van der Waals surface area contributed by atoms with Gasteiger partial charge < -0.3 is 10.5 Å². The van der Waals surface area contributed by atoms with Crippen molar-refractivity contribution >= 4 is 23.3 Å². The van der Waals surface area contributed by atoms with Crippen LogP contribution in [0.15, 0.2) is 35.1 Å². The molecule has 7 heteroatoms. The van der Waals surface area contributed by atoms with E-state index in [9.17, 15) is 9.59 Å². The lowest BCUT2D eigenvalue weighted by molar-refractivity contribution is 0.0462. The van der Waals surface area contributed by atoms with Crippen LogP contribution in [0.1, 0.15) is 23.0 Å². The average molecular weight is 308 g/mol. The summed E-state index contributed by atoms with van der Waals surface area (Å²) < 4.78 is 6.25. The first-order valence-electron chi connectivity index (χ1n) is 6.30. The van der Waals surface area contributed by atoms with Crippen molar-refractivity contribution in [1.82, 2.24) is 9.78 Å². The van der Waals surface area contributed by atoms with E-state index in [2.05, 4.69) is 5.10 Å². The Bertz CT molecular complexity index is 728. The van der Waals surface area contributed by atoms with E-state index in [1.807, 2.05) is 0 Å². The fraction of sp³-hybridized carbons (Fsp3) is 0.214. The molecule has 0 aliphatic heterocycles. The van der Waals surface area contributed by atoms with E-state index in [4.69, 9.17) is 22.1 Å². The number of halogens is 1. The van der Waals surface area contributed by atoms with Gasteiger partial charge in [-0.2, -0.15) is 5.10 Å². The lowest BCUT2D eigenvalue weighted by atomic mass is 10.2. The Morgan fingerprint density at radius 3 is 2.86 bits per heavy atom. The minimum absolute atomic E-state index is 0.00372. The summed E-state index contributed by atoms with van der Waals surface area (Å²) in [5, 5.41) is 4.47. The van der Waals surface area contributed by atoms with Crippen LogP contribution in [0.25, 0.3) is 0 Å². The van der Waals surface area contributed by atoms with E-state index in [1.165, 1.54) is 6.07 Å². The van der Waals surface area contributed by atoms with Crippen LogP contribution in [0, 0.1) is 0 Å². The number of hydrogen-bond acceptors (Lipinski definition) is 5. The zero-order valence-electron chi connectivity index (χ0n) is 11.4. The zero-order valence-corrected chi connectivity index (χ0v) is 12.1. The van der Waals surface area contributed by atoms with Gasteiger partial charge >= 0.3 is 5.97 Å². The molecule has 1 aromatic carbocycles. The van der Waals surface area contributed by atoms with Crippen LogP contribution >= 0.6 is 11.6 Å². The number of carbonyl (C=O) groups is 1. The second-order valence-electron chi connectivity index (χ2n) is 4.31. The highest BCUT2D eigenvalue weighted by Crippen LogP contribution is 2.12. The van der Waals surface area contributed by atoms with Gasteiger partial charge in [0.1, 0.15) is 12.3 Å². The number of nitrogen functional groups attached to an aromatic ring is 1. The molecule has 0 fully saturated rings. The summed E-state index contributed by atoms with van der Waals surface area (Å²) >= 11 is 5.85. The smallest absolute Gasteiger partial charge is 0.359 e. The Labute approximate surface area is 126 Å². The molecule has 1 heterocycles. The number of nitrogens with zero attached hydrogens (tertiary/aromatic N) is 2. The molecule has 0 saturated carbocycles. The minimum Gasteiger partial charge on any atom is -0.456 e. The molecular weight excluding hydrogens is 294 g/mol. The Morgan fingerprint density at radius 1 is 1.43 bits per heavy atom. The van der Waals surface area contributed by atoms with E-state index >= 15 is 0 Å². The Balaban J connectivity index is 2.14. The van der Waals surface area contributed by atoms with E-state index in [-0.39, 0.29) is 18.0 Å². The Hall–Kier alpha value is -2.34. The number of carbonyl (C=O) groups excluding carboxylic acids is 1. The number of ether oxygens (including phenoxy) is 1. The molecule has 0 atom stereocenters. The molecule has 2 rings (SSSR count). The van der Waals surface area contributed by atoms with Crippen LogP contribution in [0.5, 0.6) is 0 Å². The average Bonchev–Trinajstić information content (AvgIpc) is 2.47. The van der Waals surface area contributed by atoms with E-state index in [0.29, 0.717) is 11.6 Å². The number of nitrogens with two attached hydrogens (primary N) is 1. The zero-order chi connectivity index (χ0) is 15.4. The van der Waals surface area contributed by atoms with E-state index < -0.39 is 11.5 Å². The summed E-state index contributed by atoms with van der Waals surface area (Å²) in [5.74, 6) is -0.649. The molecule has 6 nitrogen and oxygen atoms in total. The second-order valence-corrected chi connectivity index (χ2v) is 4.75. The van der Waals surface area contributed by atoms with Crippen molar-refractivity contribution in [2.75, 3.05) is 5.73 Å². The fourth-order valence-corrected chi connectivity index (χ4v) is 1.94. The van der Waals surface area contributed by atoms with Crippen molar-refractivity contribution in [3.8, 4) is 0 Å². The fourth-order valence-electron chi connectivity index (χ4n) is 1.73. The van der Waals surface area contributed by atoms with Crippen LogP contribution in [0.4, 0.5) is 5.69 Å². The topological polar surface area (TPSA) is 87.2 Å². The number of aromatic nitrogens is 2. The van der Waals surface area contributed by atoms with Gasteiger partial charge in [-0.1, -0.05) is 23.7 Å². The molecule has 2 N–H and O–H groups in total. The molecule has 110 valence electrons. The predicted octanol–water partition coefficient (Wildman–Crippen LogP) is 1.86. The van der Waals surface area contributed by atoms with Crippen LogP contribution in [0.2, 0.25) is 5.02 Å². The molecule has 0 aliphatic rings. The standard InChI is InChI=1S/C14H14ClN3O3/c1-2-18-13(19)11(16)7-12(17-18)14(20)21-8-9-4-3-5-10(15)6-9/h3-7H,2,8,16H2,1H3. The lowest BCUT2D eigenvalue weighted by Gasteiger charge is -2.07. The summed E-state index contributed by atoms with van der Waals surface area (Å²) in [7, 11) is 0. The summed E-state index contributed by atoms with van der Waals surface area (Å²) in [4.78, 5) is 23.5. The summed E-state index contributed by atoms with van der Waals surface area (Å²) in [6, 6.07) is 8.19. The first-order chi connectivity index (χ1) is 10.0. The monoisotopic (exact) mass is 307 g/mol. The third kappa shape index (κ3) is 3.61. The molecule has 0 spiro atoms. The molecule has 0 aliphatic carbocycles. The van der Waals surface area contributed by atoms with E-state index in [1.54, 1.807) is 31.2 Å².